The summed E-state index contributed by atoms with van der Waals surface area (Å²) < 4.78 is 27.1. The zero-order valence-electron chi connectivity index (χ0n) is 11.8. The van der Waals surface area contributed by atoms with Crippen LogP contribution in [0.4, 0.5) is 0 Å². The third-order valence-corrected chi connectivity index (χ3v) is 4.51. The van der Waals surface area contributed by atoms with Crippen molar-refractivity contribution in [3.05, 3.63) is 29.8 Å². The van der Waals surface area contributed by atoms with Crippen molar-refractivity contribution in [1.29, 1.82) is 0 Å². The Labute approximate surface area is 116 Å². The number of nitrogens with one attached hydrogen (secondary N) is 2. The van der Waals surface area contributed by atoms with E-state index >= 15 is 0 Å². The van der Waals surface area contributed by atoms with Crippen LogP contribution in [0.15, 0.2) is 29.2 Å². The van der Waals surface area contributed by atoms with Gasteiger partial charge in [-0.25, -0.2) is 13.1 Å². The molecule has 0 aliphatic carbocycles. The molecule has 0 fully saturated rings. The second-order valence-electron chi connectivity index (χ2n) is 4.60. The summed E-state index contributed by atoms with van der Waals surface area (Å²) in [5.74, 6) is 0. The largest absolute Gasteiger partial charge is 0.316 e. The van der Waals surface area contributed by atoms with Gasteiger partial charge in [-0.1, -0.05) is 44.4 Å². The summed E-state index contributed by atoms with van der Waals surface area (Å²) in [4.78, 5) is 0.375. The van der Waals surface area contributed by atoms with Gasteiger partial charge in [0.15, 0.2) is 0 Å². The first-order chi connectivity index (χ1) is 9.11. The fourth-order valence-electron chi connectivity index (χ4n) is 1.94. The molecule has 108 valence electrons. The van der Waals surface area contributed by atoms with E-state index in [0.717, 1.165) is 31.2 Å². The van der Waals surface area contributed by atoms with E-state index in [1.54, 1.807) is 12.1 Å². The van der Waals surface area contributed by atoms with Crippen LogP contribution in [0.1, 0.15) is 38.2 Å². The van der Waals surface area contributed by atoms with E-state index in [2.05, 4.69) is 17.0 Å². The number of sulfonamides is 1. The molecule has 0 heterocycles. The molecule has 1 aromatic rings. The van der Waals surface area contributed by atoms with Crippen molar-refractivity contribution < 1.29 is 8.42 Å². The third kappa shape index (κ3) is 5.30. The number of hydrogen-bond acceptors (Lipinski definition) is 3. The third-order valence-electron chi connectivity index (χ3n) is 2.95. The van der Waals surface area contributed by atoms with Crippen molar-refractivity contribution in [2.24, 2.45) is 0 Å². The molecule has 4 nitrogen and oxygen atoms in total. The van der Waals surface area contributed by atoms with E-state index in [9.17, 15) is 8.42 Å². The molecular weight excluding hydrogens is 260 g/mol. The van der Waals surface area contributed by atoms with Gasteiger partial charge < -0.3 is 5.32 Å². The second kappa shape index (κ2) is 8.30. The van der Waals surface area contributed by atoms with E-state index in [1.807, 2.05) is 19.2 Å². The average molecular weight is 284 g/mol. The van der Waals surface area contributed by atoms with Crippen LogP contribution in [0, 0.1) is 0 Å². The maximum atomic E-state index is 12.2. The van der Waals surface area contributed by atoms with Gasteiger partial charge in [0.1, 0.15) is 0 Å². The zero-order valence-corrected chi connectivity index (χ0v) is 12.6. The van der Waals surface area contributed by atoms with E-state index < -0.39 is 10.0 Å². The van der Waals surface area contributed by atoms with Crippen molar-refractivity contribution >= 4 is 10.0 Å². The predicted molar refractivity (Wildman–Crippen MR) is 78.5 cm³/mol. The van der Waals surface area contributed by atoms with E-state index in [1.165, 1.54) is 0 Å². The monoisotopic (exact) mass is 284 g/mol. The van der Waals surface area contributed by atoms with Crippen LogP contribution in [0.2, 0.25) is 0 Å². The van der Waals surface area contributed by atoms with Gasteiger partial charge >= 0.3 is 0 Å². The zero-order chi connectivity index (χ0) is 14.1. The van der Waals surface area contributed by atoms with Crippen LogP contribution in [0.3, 0.4) is 0 Å². The summed E-state index contributed by atoms with van der Waals surface area (Å²) in [7, 11) is -1.58. The van der Waals surface area contributed by atoms with Gasteiger partial charge in [0, 0.05) is 13.1 Å². The quantitative estimate of drug-likeness (QED) is 0.684. The number of hydrogen-bond donors (Lipinski definition) is 2. The molecule has 0 radical (unpaired) electrons. The molecule has 0 amide bonds. The molecule has 1 aromatic carbocycles. The fraction of sp³-hybridized carbons (Fsp3) is 0.571. The standard InChI is InChI=1S/C14H24N2O2S/c1-3-4-5-8-11-16-19(17,18)14-10-7-6-9-13(14)12-15-2/h6-7,9-10,15-16H,3-5,8,11-12H2,1-2H3. The van der Waals surface area contributed by atoms with Crippen LogP contribution < -0.4 is 10.0 Å². The lowest BCUT2D eigenvalue weighted by molar-refractivity contribution is 0.572. The SMILES string of the molecule is CCCCCCNS(=O)(=O)c1ccccc1CNC. The summed E-state index contributed by atoms with van der Waals surface area (Å²) in [6, 6.07) is 7.10. The lowest BCUT2D eigenvalue weighted by Crippen LogP contribution is -2.26. The summed E-state index contributed by atoms with van der Waals surface area (Å²) >= 11 is 0. The Hall–Kier alpha value is -0.910. The Kier molecular flexibility index (Phi) is 7.05. The molecule has 2 N–H and O–H groups in total. The highest BCUT2D eigenvalue weighted by Crippen LogP contribution is 2.15. The van der Waals surface area contributed by atoms with Crippen molar-refractivity contribution in [2.45, 2.75) is 44.0 Å². The number of benzene rings is 1. The Morgan fingerprint density at radius 2 is 1.84 bits per heavy atom. The topological polar surface area (TPSA) is 58.2 Å². The van der Waals surface area contributed by atoms with Crippen LogP contribution in [0.25, 0.3) is 0 Å². The molecule has 0 saturated carbocycles. The lowest BCUT2D eigenvalue weighted by atomic mass is 10.2. The second-order valence-corrected chi connectivity index (χ2v) is 6.33. The normalized spacial score (nSPS) is 11.7. The molecule has 0 atom stereocenters. The van der Waals surface area contributed by atoms with E-state index in [-0.39, 0.29) is 0 Å². The van der Waals surface area contributed by atoms with Crippen LogP contribution >= 0.6 is 0 Å². The van der Waals surface area contributed by atoms with Gasteiger partial charge in [-0.3, -0.25) is 0 Å². The Morgan fingerprint density at radius 3 is 2.53 bits per heavy atom. The first-order valence-corrected chi connectivity index (χ1v) is 8.32. The average Bonchev–Trinajstić information content (AvgIpc) is 2.39. The highest BCUT2D eigenvalue weighted by Gasteiger charge is 2.16. The highest BCUT2D eigenvalue weighted by molar-refractivity contribution is 7.89. The molecule has 19 heavy (non-hydrogen) atoms. The van der Waals surface area contributed by atoms with Crippen molar-refractivity contribution in [3.8, 4) is 0 Å². The van der Waals surface area contributed by atoms with Gasteiger partial charge in [-0.2, -0.15) is 0 Å². The van der Waals surface area contributed by atoms with Crippen LogP contribution in [-0.4, -0.2) is 22.0 Å². The molecule has 0 aliphatic rings. The minimum atomic E-state index is -3.39. The van der Waals surface area contributed by atoms with Gasteiger partial charge in [0.25, 0.3) is 0 Å². The van der Waals surface area contributed by atoms with Gasteiger partial charge in [0.05, 0.1) is 4.90 Å². The Morgan fingerprint density at radius 1 is 1.11 bits per heavy atom. The molecule has 0 bridgehead atoms. The maximum absolute atomic E-state index is 12.2. The molecule has 0 aliphatic heterocycles. The minimum Gasteiger partial charge on any atom is -0.316 e. The molecule has 1 rings (SSSR count). The Bertz CT molecular complexity index is 472. The summed E-state index contributed by atoms with van der Waals surface area (Å²) in [6.07, 6.45) is 4.26. The predicted octanol–water partition coefficient (Wildman–Crippen LogP) is 2.26. The highest BCUT2D eigenvalue weighted by atomic mass is 32.2. The van der Waals surface area contributed by atoms with Gasteiger partial charge in [0.2, 0.25) is 10.0 Å². The van der Waals surface area contributed by atoms with Gasteiger partial charge in [-0.05, 0) is 25.1 Å². The number of rotatable bonds is 9. The molecule has 5 heteroatoms. The van der Waals surface area contributed by atoms with Gasteiger partial charge in [-0.15, -0.1) is 0 Å². The molecule has 0 unspecified atom stereocenters. The van der Waals surface area contributed by atoms with Crippen LogP contribution in [-0.2, 0) is 16.6 Å². The maximum Gasteiger partial charge on any atom is 0.240 e. The first-order valence-electron chi connectivity index (χ1n) is 6.84. The minimum absolute atomic E-state index is 0.375. The van der Waals surface area contributed by atoms with Crippen molar-refractivity contribution in [3.63, 3.8) is 0 Å². The molecule has 0 aromatic heterocycles. The summed E-state index contributed by atoms with van der Waals surface area (Å²) in [5.41, 5.74) is 0.797. The summed E-state index contributed by atoms with van der Waals surface area (Å²) in [5, 5.41) is 2.99. The Balaban J connectivity index is 2.66. The molecular formula is C14H24N2O2S. The summed E-state index contributed by atoms with van der Waals surface area (Å²) in [6.45, 7) is 3.20. The fourth-order valence-corrected chi connectivity index (χ4v) is 3.25. The van der Waals surface area contributed by atoms with E-state index in [4.69, 9.17) is 0 Å². The molecule has 0 saturated heterocycles. The van der Waals surface area contributed by atoms with E-state index in [0.29, 0.717) is 18.0 Å². The lowest BCUT2D eigenvalue weighted by Gasteiger charge is -2.11. The number of unbranched alkanes of at least 4 members (excludes halogenated alkanes) is 3. The van der Waals surface area contributed by atoms with Crippen LogP contribution in [0.5, 0.6) is 0 Å². The molecule has 0 spiro atoms. The van der Waals surface area contributed by atoms with Crippen molar-refractivity contribution in [1.82, 2.24) is 10.0 Å². The smallest absolute Gasteiger partial charge is 0.240 e. The first kappa shape index (κ1) is 16.1. The van der Waals surface area contributed by atoms with Crippen molar-refractivity contribution in [2.75, 3.05) is 13.6 Å².